The molecule has 1 saturated carbocycles. The molecule has 0 bridgehead atoms. The van der Waals surface area contributed by atoms with Gasteiger partial charge in [-0.05, 0) is 12.8 Å². The molecule has 0 unspecified atom stereocenters. The van der Waals surface area contributed by atoms with E-state index in [4.69, 9.17) is 5.11 Å². The number of aromatic nitrogens is 3. The zero-order chi connectivity index (χ0) is 11.8. The average molecular weight is 224 g/mol. The fraction of sp³-hybridized carbons (Fsp3) is 0.556. The van der Waals surface area contributed by atoms with Crippen LogP contribution in [0.2, 0.25) is 0 Å². The van der Waals surface area contributed by atoms with Crippen LogP contribution in [0.25, 0.3) is 0 Å². The van der Waals surface area contributed by atoms with Gasteiger partial charge >= 0.3 is 5.97 Å². The first-order valence-corrected chi connectivity index (χ1v) is 4.89. The lowest BCUT2D eigenvalue weighted by molar-refractivity contribution is -0.153. The van der Waals surface area contributed by atoms with Crippen molar-refractivity contribution in [2.75, 3.05) is 7.05 Å². The van der Waals surface area contributed by atoms with Crippen LogP contribution in [0.1, 0.15) is 18.7 Å². The van der Waals surface area contributed by atoms with Crippen LogP contribution in [0.3, 0.4) is 0 Å². The van der Waals surface area contributed by atoms with Crippen LogP contribution in [0.4, 0.5) is 0 Å². The van der Waals surface area contributed by atoms with Crippen molar-refractivity contribution in [3.05, 3.63) is 12.2 Å². The van der Waals surface area contributed by atoms with Gasteiger partial charge in [0.2, 0.25) is 5.91 Å². The average Bonchev–Trinajstić information content (AvgIpc) is 2.91. The molecule has 1 fully saturated rings. The maximum Gasteiger partial charge on any atom is 0.319 e. The van der Waals surface area contributed by atoms with Gasteiger partial charge in [0.1, 0.15) is 17.6 Å². The van der Waals surface area contributed by atoms with Gasteiger partial charge in [0.05, 0.1) is 6.54 Å². The van der Waals surface area contributed by atoms with Gasteiger partial charge < -0.3 is 10.0 Å². The Labute approximate surface area is 91.5 Å². The van der Waals surface area contributed by atoms with Gasteiger partial charge in [-0.25, -0.2) is 4.98 Å². The fourth-order valence-corrected chi connectivity index (χ4v) is 1.61. The molecule has 1 heterocycles. The lowest BCUT2D eigenvalue weighted by Crippen LogP contribution is -2.38. The number of carbonyl (C=O) groups is 2. The van der Waals surface area contributed by atoms with E-state index in [0.29, 0.717) is 18.7 Å². The zero-order valence-electron chi connectivity index (χ0n) is 8.80. The van der Waals surface area contributed by atoms with Crippen molar-refractivity contribution < 1.29 is 14.7 Å². The van der Waals surface area contributed by atoms with Crippen molar-refractivity contribution in [2.45, 2.75) is 19.4 Å². The number of aromatic amines is 1. The highest BCUT2D eigenvalue weighted by molar-refractivity contribution is 6.04. The topological polar surface area (TPSA) is 99.2 Å². The fourth-order valence-electron chi connectivity index (χ4n) is 1.61. The van der Waals surface area contributed by atoms with E-state index < -0.39 is 11.4 Å². The van der Waals surface area contributed by atoms with E-state index in [0.717, 1.165) is 0 Å². The van der Waals surface area contributed by atoms with E-state index in [2.05, 4.69) is 15.2 Å². The number of nitrogens with one attached hydrogen (secondary N) is 1. The predicted octanol–water partition coefficient (Wildman–Crippen LogP) is -0.372. The van der Waals surface area contributed by atoms with E-state index in [1.165, 1.54) is 11.2 Å². The van der Waals surface area contributed by atoms with Crippen LogP contribution in [0.15, 0.2) is 6.33 Å². The molecule has 0 atom stereocenters. The van der Waals surface area contributed by atoms with Crippen LogP contribution in [0, 0.1) is 5.41 Å². The van der Waals surface area contributed by atoms with Gasteiger partial charge in [0.15, 0.2) is 0 Å². The summed E-state index contributed by atoms with van der Waals surface area (Å²) >= 11 is 0. The van der Waals surface area contributed by atoms with Crippen LogP contribution >= 0.6 is 0 Å². The van der Waals surface area contributed by atoms with Crippen LogP contribution in [-0.4, -0.2) is 44.1 Å². The van der Waals surface area contributed by atoms with Crippen LogP contribution < -0.4 is 0 Å². The first-order chi connectivity index (χ1) is 7.56. The second kappa shape index (κ2) is 3.58. The number of hydrogen-bond donors (Lipinski definition) is 2. The quantitative estimate of drug-likeness (QED) is 0.679. The summed E-state index contributed by atoms with van der Waals surface area (Å²) in [5, 5.41) is 15.2. The number of rotatable bonds is 4. The maximum absolute atomic E-state index is 11.9. The summed E-state index contributed by atoms with van der Waals surface area (Å²) in [6, 6.07) is 0. The summed E-state index contributed by atoms with van der Waals surface area (Å²) in [6.07, 6.45) is 2.18. The monoisotopic (exact) mass is 224 g/mol. The van der Waals surface area contributed by atoms with Crippen molar-refractivity contribution in [3.8, 4) is 0 Å². The zero-order valence-corrected chi connectivity index (χ0v) is 8.80. The van der Waals surface area contributed by atoms with E-state index in [9.17, 15) is 9.59 Å². The molecule has 0 saturated heterocycles. The molecule has 86 valence electrons. The molecular formula is C9H12N4O3. The standard InChI is InChI=1S/C9H12N4O3/c1-13(4-6-10-5-11-12-6)7(14)9(2-3-9)8(15)16/h5H,2-4H2,1H3,(H,15,16)(H,10,11,12). The van der Waals surface area contributed by atoms with E-state index in [-0.39, 0.29) is 12.5 Å². The summed E-state index contributed by atoms with van der Waals surface area (Å²) in [7, 11) is 1.56. The number of carboxylic acid groups (broad SMARTS) is 1. The Balaban J connectivity index is 2.03. The van der Waals surface area contributed by atoms with Gasteiger partial charge in [0.25, 0.3) is 0 Å². The highest BCUT2D eigenvalue weighted by Gasteiger charge is 2.58. The third-order valence-corrected chi connectivity index (χ3v) is 2.77. The predicted molar refractivity (Wildman–Crippen MR) is 52.2 cm³/mol. The minimum Gasteiger partial charge on any atom is -0.480 e. The van der Waals surface area contributed by atoms with Gasteiger partial charge in [-0.1, -0.05) is 0 Å². The Kier molecular flexibility index (Phi) is 2.37. The maximum atomic E-state index is 11.9. The minimum atomic E-state index is -1.19. The largest absolute Gasteiger partial charge is 0.480 e. The van der Waals surface area contributed by atoms with Crippen molar-refractivity contribution >= 4 is 11.9 Å². The van der Waals surface area contributed by atoms with Crippen molar-refractivity contribution in [3.63, 3.8) is 0 Å². The molecule has 7 nitrogen and oxygen atoms in total. The molecule has 1 aromatic heterocycles. The number of aliphatic carboxylic acids is 1. The minimum absolute atomic E-state index is 0.244. The number of H-pyrrole nitrogens is 1. The molecule has 7 heteroatoms. The van der Waals surface area contributed by atoms with E-state index in [1.807, 2.05) is 0 Å². The van der Waals surface area contributed by atoms with Gasteiger partial charge in [0, 0.05) is 7.05 Å². The summed E-state index contributed by atoms with van der Waals surface area (Å²) in [4.78, 5) is 28.1. The van der Waals surface area contributed by atoms with Crippen molar-refractivity contribution in [1.29, 1.82) is 0 Å². The molecule has 16 heavy (non-hydrogen) atoms. The van der Waals surface area contributed by atoms with E-state index in [1.54, 1.807) is 7.05 Å². The third kappa shape index (κ3) is 1.64. The first kappa shape index (κ1) is 10.6. The highest BCUT2D eigenvalue weighted by atomic mass is 16.4. The summed E-state index contributed by atoms with van der Waals surface area (Å²) in [5.74, 6) is -0.865. The second-order valence-corrected chi connectivity index (χ2v) is 3.98. The highest BCUT2D eigenvalue weighted by Crippen LogP contribution is 2.47. The smallest absolute Gasteiger partial charge is 0.319 e. The van der Waals surface area contributed by atoms with Crippen LogP contribution in [0.5, 0.6) is 0 Å². The number of nitrogens with zero attached hydrogens (tertiary/aromatic N) is 3. The normalized spacial score (nSPS) is 16.8. The van der Waals surface area contributed by atoms with Gasteiger partial charge in [-0.2, -0.15) is 5.10 Å². The first-order valence-electron chi connectivity index (χ1n) is 4.89. The Morgan fingerprint density at radius 2 is 2.31 bits per heavy atom. The molecule has 1 aromatic rings. The molecule has 0 spiro atoms. The van der Waals surface area contributed by atoms with Crippen LogP contribution in [-0.2, 0) is 16.1 Å². The Bertz CT molecular complexity index is 410. The molecule has 0 aromatic carbocycles. The summed E-state index contributed by atoms with van der Waals surface area (Å²) in [6.45, 7) is 0.244. The number of hydrogen-bond acceptors (Lipinski definition) is 4. The number of amides is 1. The molecule has 0 aliphatic heterocycles. The molecular weight excluding hydrogens is 212 g/mol. The Morgan fingerprint density at radius 3 is 2.75 bits per heavy atom. The summed E-state index contributed by atoms with van der Waals surface area (Å²) in [5.41, 5.74) is -1.19. The van der Waals surface area contributed by atoms with Crippen molar-refractivity contribution in [2.24, 2.45) is 5.41 Å². The molecule has 0 radical (unpaired) electrons. The number of carbonyl (C=O) groups excluding carboxylic acids is 1. The molecule has 1 amide bonds. The molecule has 2 N–H and O–H groups in total. The van der Waals surface area contributed by atoms with E-state index >= 15 is 0 Å². The molecule has 1 aliphatic rings. The van der Waals surface area contributed by atoms with Gasteiger partial charge in [-0.15, -0.1) is 0 Å². The van der Waals surface area contributed by atoms with Gasteiger partial charge in [-0.3, -0.25) is 14.7 Å². The lowest BCUT2D eigenvalue weighted by atomic mass is 10.1. The SMILES string of the molecule is CN(Cc1ncn[nH]1)C(=O)C1(C(=O)O)CC1. The second-order valence-electron chi connectivity index (χ2n) is 3.98. The Hall–Kier alpha value is -1.92. The Morgan fingerprint density at radius 1 is 1.62 bits per heavy atom. The molecule has 1 aliphatic carbocycles. The number of carboxylic acids is 1. The summed E-state index contributed by atoms with van der Waals surface area (Å²) < 4.78 is 0. The third-order valence-electron chi connectivity index (χ3n) is 2.77. The molecule has 2 rings (SSSR count). The lowest BCUT2D eigenvalue weighted by Gasteiger charge is -2.19. The van der Waals surface area contributed by atoms with Crippen molar-refractivity contribution in [1.82, 2.24) is 20.1 Å².